The Balaban J connectivity index is 1.67. The molecule has 4 aliphatic carbocycles. The average molecular weight is 315 g/mol. The Kier molecular flexibility index (Phi) is 3.70. The van der Waals surface area contributed by atoms with Gasteiger partial charge in [0.2, 0.25) is 0 Å². The van der Waals surface area contributed by atoms with Crippen molar-refractivity contribution in [2.75, 3.05) is 7.11 Å². The molecule has 4 aliphatic rings. The lowest BCUT2D eigenvalue weighted by Gasteiger charge is -2.57. The zero-order valence-corrected chi connectivity index (χ0v) is 15.5. The summed E-state index contributed by atoms with van der Waals surface area (Å²) in [5.41, 5.74) is 2.65. The second-order valence-electron chi connectivity index (χ2n) is 9.23. The van der Waals surface area contributed by atoms with Crippen molar-refractivity contribution in [3.63, 3.8) is 0 Å². The topological polar surface area (TPSA) is 9.23 Å². The van der Waals surface area contributed by atoms with Gasteiger partial charge in [-0.25, -0.2) is 0 Å². The van der Waals surface area contributed by atoms with E-state index in [9.17, 15) is 0 Å². The molecule has 0 saturated heterocycles. The second kappa shape index (κ2) is 5.39. The van der Waals surface area contributed by atoms with Crippen LogP contribution in [0.1, 0.15) is 72.1 Å². The molecule has 23 heavy (non-hydrogen) atoms. The largest absolute Gasteiger partial charge is 0.501 e. The van der Waals surface area contributed by atoms with Gasteiger partial charge in [-0.3, -0.25) is 0 Å². The Morgan fingerprint density at radius 1 is 1.13 bits per heavy atom. The zero-order valence-electron chi connectivity index (χ0n) is 15.5. The lowest BCUT2D eigenvalue weighted by atomic mass is 9.48. The summed E-state index contributed by atoms with van der Waals surface area (Å²) in [7, 11) is 1.83. The molecule has 0 aromatic carbocycles. The molecule has 2 fully saturated rings. The van der Waals surface area contributed by atoms with Crippen molar-refractivity contribution in [2.24, 2.45) is 34.5 Å². The summed E-state index contributed by atoms with van der Waals surface area (Å²) in [5, 5.41) is 0. The first kappa shape index (κ1) is 15.8. The zero-order chi connectivity index (χ0) is 16.2. The summed E-state index contributed by atoms with van der Waals surface area (Å²) in [6, 6.07) is 0. The van der Waals surface area contributed by atoms with Gasteiger partial charge in [0.25, 0.3) is 0 Å². The van der Waals surface area contributed by atoms with Gasteiger partial charge in [0.05, 0.1) is 12.9 Å². The van der Waals surface area contributed by atoms with Crippen LogP contribution in [0.4, 0.5) is 0 Å². The van der Waals surface area contributed by atoms with Crippen LogP contribution in [0.2, 0.25) is 0 Å². The van der Waals surface area contributed by atoms with Crippen LogP contribution >= 0.6 is 0 Å². The fourth-order valence-corrected chi connectivity index (χ4v) is 7.24. The van der Waals surface area contributed by atoms with E-state index < -0.39 is 0 Å². The highest BCUT2D eigenvalue weighted by molar-refractivity contribution is 5.35. The molecule has 1 nitrogen and oxygen atoms in total. The summed E-state index contributed by atoms with van der Waals surface area (Å²) in [5.74, 6) is 5.01. The quantitative estimate of drug-likeness (QED) is 0.597. The van der Waals surface area contributed by atoms with E-state index in [-0.39, 0.29) is 0 Å². The van der Waals surface area contributed by atoms with Gasteiger partial charge in [-0.1, -0.05) is 33.3 Å². The van der Waals surface area contributed by atoms with Gasteiger partial charge in [-0.05, 0) is 84.7 Å². The first-order valence-corrected chi connectivity index (χ1v) is 9.98. The molecular weight excluding hydrogens is 280 g/mol. The van der Waals surface area contributed by atoms with Crippen molar-refractivity contribution in [3.8, 4) is 0 Å². The molecule has 0 amide bonds. The molecule has 0 spiro atoms. The van der Waals surface area contributed by atoms with E-state index in [1.807, 2.05) is 7.11 Å². The number of ether oxygens (including phenoxy) is 1. The van der Waals surface area contributed by atoms with Crippen LogP contribution in [0.15, 0.2) is 23.5 Å². The lowest BCUT2D eigenvalue weighted by molar-refractivity contribution is -0.0376. The highest BCUT2D eigenvalue weighted by Gasteiger charge is 2.57. The molecule has 6 atom stereocenters. The number of rotatable bonds is 2. The van der Waals surface area contributed by atoms with Crippen molar-refractivity contribution >= 4 is 0 Å². The van der Waals surface area contributed by atoms with E-state index >= 15 is 0 Å². The minimum Gasteiger partial charge on any atom is -0.501 e. The van der Waals surface area contributed by atoms with Crippen molar-refractivity contribution in [1.82, 2.24) is 0 Å². The van der Waals surface area contributed by atoms with Crippen molar-refractivity contribution in [2.45, 2.75) is 72.1 Å². The number of methoxy groups -OCH3 is 1. The molecule has 0 unspecified atom stereocenters. The minimum absolute atomic E-state index is 0.413. The van der Waals surface area contributed by atoms with Gasteiger partial charge in [0.1, 0.15) is 0 Å². The summed E-state index contributed by atoms with van der Waals surface area (Å²) in [6.07, 6.45) is 16.0. The predicted molar refractivity (Wildman–Crippen MR) is 96.0 cm³/mol. The first-order valence-electron chi connectivity index (χ1n) is 9.98. The Morgan fingerprint density at radius 3 is 2.70 bits per heavy atom. The van der Waals surface area contributed by atoms with Gasteiger partial charge in [-0.2, -0.15) is 0 Å². The fraction of sp³-hybridized carbons (Fsp3) is 0.818. The number of fused-ring (bicyclic) bond motifs is 5. The molecule has 0 heterocycles. The molecule has 0 bridgehead atoms. The Hall–Kier alpha value is -0.720. The molecule has 0 aromatic heterocycles. The molecule has 128 valence electrons. The summed E-state index contributed by atoms with van der Waals surface area (Å²) >= 11 is 0. The van der Waals surface area contributed by atoms with Crippen molar-refractivity contribution < 1.29 is 4.74 Å². The minimum atomic E-state index is 0.413. The van der Waals surface area contributed by atoms with E-state index in [0.29, 0.717) is 10.8 Å². The third-order valence-corrected chi connectivity index (χ3v) is 8.68. The Labute approximate surface area is 142 Å². The maximum absolute atomic E-state index is 5.56. The molecule has 0 aliphatic heterocycles. The molecule has 0 N–H and O–H groups in total. The van der Waals surface area contributed by atoms with Gasteiger partial charge < -0.3 is 4.74 Å². The van der Waals surface area contributed by atoms with Crippen LogP contribution in [0.5, 0.6) is 0 Å². The molecule has 4 rings (SSSR count). The molecular formula is C22H34O. The maximum Gasteiger partial charge on any atom is 0.0958 e. The standard InChI is InChI=1S/C22H34O/c1-5-15-7-9-19-18-8-6-16-14-17(23-4)10-12-22(16,3)20(18)11-13-21(15,19)2/h6,14-15,18-20H,5,7-13H2,1-4H3/t15-,18-,19-,20-,21+,22-/m0/s1. The highest BCUT2D eigenvalue weighted by Crippen LogP contribution is 2.66. The van der Waals surface area contributed by atoms with Crippen molar-refractivity contribution in [3.05, 3.63) is 23.5 Å². The van der Waals surface area contributed by atoms with Crippen LogP contribution < -0.4 is 0 Å². The van der Waals surface area contributed by atoms with Crippen molar-refractivity contribution in [1.29, 1.82) is 0 Å². The van der Waals surface area contributed by atoms with Crippen LogP contribution in [0.3, 0.4) is 0 Å². The van der Waals surface area contributed by atoms with E-state index in [4.69, 9.17) is 4.74 Å². The van der Waals surface area contributed by atoms with Crippen LogP contribution in [-0.2, 0) is 4.74 Å². The summed E-state index contributed by atoms with van der Waals surface area (Å²) in [6.45, 7) is 7.62. The highest BCUT2D eigenvalue weighted by atomic mass is 16.5. The van der Waals surface area contributed by atoms with Crippen LogP contribution in [0.25, 0.3) is 0 Å². The third-order valence-electron chi connectivity index (χ3n) is 8.68. The van der Waals surface area contributed by atoms with Crippen LogP contribution in [-0.4, -0.2) is 7.11 Å². The van der Waals surface area contributed by atoms with Gasteiger partial charge in [0, 0.05) is 6.42 Å². The smallest absolute Gasteiger partial charge is 0.0958 e. The summed E-state index contributed by atoms with van der Waals surface area (Å²) in [4.78, 5) is 0. The molecule has 0 radical (unpaired) electrons. The summed E-state index contributed by atoms with van der Waals surface area (Å²) < 4.78 is 5.56. The number of hydrogen-bond acceptors (Lipinski definition) is 1. The van der Waals surface area contributed by atoms with E-state index in [1.54, 1.807) is 5.57 Å². The predicted octanol–water partition coefficient (Wildman–Crippen LogP) is 6.12. The normalized spacial score (nSPS) is 48.7. The van der Waals surface area contributed by atoms with Gasteiger partial charge in [-0.15, -0.1) is 0 Å². The maximum atomic E-state index is 5.56. The third kappa shape index (κ3) is 2.11. The first-order chi connectivity index (χ1) is 11.0. The number of hydrogen-bond donors (Lipinski definition) is 0. The van der Waals surface area contributed by atoms with Gasteiger partial charge >= 0.3 is 0 Å². The number of allylic oxidation sites excluding steroid dienone is 4. The monoisotopic (exact) mass is 314 g/mol. The Morgan fingerprint density at radius 2 is 1.96 bits per heavy atom. The fourth-order valence-electron chi connectivity index (χ4n) is 7.24. The second-order valence-corrected chi connectivity index (χ2v) is 9.23. The molecule has 1 heteroatoms. The SMILES string of the molecule is CC[C@H]1CC[C@H]2[C@@H]3CC=C4C=C(OC)CC[C@]4(C)[C@H]3CC[C@]12C. The van der Waals surface area contributed by atoms with E-state index in [0.717, 1.165) is 30.1 Å². The average Bonchev–Trinajstić information content (AvgIpc) is 2.90. The Bertz CT molecular complexity index is 544. The lowest BCUT2D eigenvalue weighted by Crippen LogP contribution is -2.49. The van der Waals surface area contributed by atoms with Crippen LogP contribution in [0, 0.1) is 34.5 Å². The van der Waals surface area contributed by atoms with E-state index in [2.05, 4.69) is 32.9 Å². The molecule has 2 saturated carbocycles. The van der Waals surface area contributed by atoms with E-state index in [1.165, 1.54) is 50.7 Å². The molecule has 0 aromatic rings. The van der Waals surface area contributed by atoms with Gasteiger partial charge in [0.15, 0.2) is 0 Å².